The lowest BCUT2D eigenvalue weighted by atomic mass is 10.3. The standard InChI is InChI=1S/C11H25N3O3S.2ClH/c1-11(10-17-2)18(15,16)13-4-3-7-14-8-5-12-6-9-14;;/h11-13H,3-10H2,1-2H3;2*1H. The Kier molecular flexibility index (Phi) is 13.6. The van der Waals surface area contributed by atoms with Gasteiger partial charge in [0.15, 0.2) is 0 Å². The van der Waals surface area contributed by atoms with Gasteiger partial charge in [0, 0.05) is 39.8 Å². The second-order valence-electron chi connectivity index (χ2n) is 4.65. The molecule has 2 N–H and O–H groups in total. The van der Waals surface area contributed by atoms with Crippen molar-refractivity contribution in [2.45, 2.75) is 18.6 Å². The normalized spacial score (nSPS) is 17.9. The molecule has 0 radical (unpaired) electrons. The predicted molar refractivity (Wildman–Crippen MR) is 86.7 cm³/mol. The van der Waals surface area contributed by atoms with Gasteiger partial charge in [-0.15, -0.1) is 24.8 Å². The van der Waals surface area contributed by atoms with E-state index in [2.05, 4.69) is 14.9 Å². The summed E-state index contributed by atoms with van der Waals surface area (Å²) in [6.45, 7) is 7.48. The van der Waals surface area contributed by atoms with Crippen molar-refractivity contribution < 1.29 is 13.2 Å². The van der Waals surface area contributed by atoms with Gasteiger partial charge in [0.05, 0.1) is 11.9 Å². The Morgan fingerprint density at radius 2 is 1.90 bits per heavy atom. The number of nitrogens with zero attached hydrogens (tertiary/aromatic N) is 1. The van der Waals surface area contributed by atoms with E-state index in [1.807, 2.05) is 0 Å². The van der Waals surface area contributed by atoms with E-state index in [0.29, 0.717) is 6.54 Å². The van der Waals surface area contributed by atoms with Gasteiger partial charge in [-0.3, -0.25) is 0 Å². The second-order valence-corrected chi connectivity index (χ2v) is 6.83. The Bertz CT molecular complexity index is 325. The molecule has 0 saturated carbocycles. The summed E-state index contributed by atoms with van der Waals surface area (Å²) in [4.78, 5) is 2.35. The van der Waals surface area contributed by atoms with Crippen LogP contribution in [0.5, 0.6) is 0 Å². The maximum Gasteiger partial charge on any atom is 0.216 e. The van der Waals surface area contributed by atoms with E-state index < -0.39 is 15.3 Å². The summed E-state index contributed by atoms with van der Waals surface area (Å²) in [6.07, 6.45) is 0.846. The Morgan fingerprint density at radius 3 is 2.45 bits per heavy atom. The highest BCUT2D eigenvalue weighted by Gasteiger charge is 2.19. The summed E-state index contributed by atoms with van der Waals surface area (Å²) in [5, 5.41) is 2.79. The Hall–Kier alpha value is 0.370. The monoisotopic (exact) mass is 351 g/mol. The molecule has 1 rings (SSSR count). The molecule has 1 aliphatic rings. The van der Waals surface area contributed by atoms with Crippen molar-refractivity contribution in [3.05, 3.63) is 0 Å². The first-order valence-electron chi connectivity index (χ1n) is 6.47. The number of hydrogen-bond donors (Lipinski definition) is 2. The highest BCUT2D eigenvalue weighted by molar-refractivity contribution is 7.90. The summed E-state index contributed by atoms with van der Waals surface area (Å²) in [5.74, 6) is 0. The third-order valence-corrected chi connectivity index (χ3v) is 4.90. The average Bonchev–Trinajstić information content (AvgIpc) is 2.36. The predicted octanol–water partition coefficient (Wildman–Crippen LogP) is 0.0796. The molecular weight excluding hydrogens is 325 g/mol. The van der Waals surface area contributed by atoms with Crippen molar-refractivity contribution in [2.24, 2.45) is 0 Å². The molecule has 1 heterocycles. The van der Waals surface area contributed by atoms with Crippen LogP contribution in [0, 0.1) is 0 Å². The molecule has 0 bridgehead atoms. The SMILES string of the molecule is COCC(C)S(=O)(=O)NCCCN1CCNCC1.Cl.Cl. The van der Waals surface area contributed by atoms with Crippen LogP contribution in [0.15, 0.2) is 0 Å². The van der Waals surface area contributed by atoms with Gasteiger partial charge in [0.1, 0.15) is 0 Å². The van der Waals surface area contributed by atoms with E-state index in [0.717, 1.165) is 39.1 Å². The highest BCUT2D eigenvalue weighted by atomic mass is 35.5. The molecule has 20 heavy (non-hydrogen) atoms. The molecule has 1 atom stereocenters. The van der Waals surface area contributed by atoms with Gasteiger partial charge in [0.25, 0.3) is 0 Å². The van der Waals surface area contributed by atoms with Crippen molar-refractivity contribution in [2.75, 3.05) is 53.0 Å². The van der Waals surface area contributed by atoms with Gasteiger partial charge < -0.3 is 15.0 Å². The fourth-order valence-corrected chi connectivity index (χ4v) is 2.95. The van der Waals surface area contributed by atoms with Crippen LogP contribution >= 0.6 is 24.8 Å². The van der Waals surface area contributed by atoms with Crippen molar-refractivity contribution >= 4 is 34.8 Å². The minimum atomic E-state index is -3.23. The van der Waals surface area contributed by atoms with Crippen LogP contribution in [0.3, 0.4) is 0 Å². The number of ether oxygens (including phenoxy) is 1. The van der Waals surface area contributed by atoms with Crippen LogP contribution in [0.4, 0.5) is 0 Å². The van der Waals surface area contributed by atoms with Crippen LogP contribution < -0.4 is 10.0 Å². The average molecular weight is 352 g/mol. The maximum absolute atomic E-state index is 11.8. The van der Waals surface area contributed by atoms with Crippen molar-refractivity contribution in [3.8, 4) is 0 Å². The first-order chi connectivity index (χ1) is 8.56. The van der Waals surface area contributed by atoms with Crippen LogP contribution in [-0.4, -0.2) is 71.6 Å². The lowest BCUT2D eigenvalue weighted by Crippen LogP contribution is -2.44. The molecule has 1 aliphatic heterocycles. The summed E-state index contributed by atoms with van der Waals surface area (Å²) >= 11 is 0. The number of sulfonamides is 1. The van der Waals surface area contributed by atoms with Crippen molar-refractivity contribution in [1.29, 1.82) is 0 Å². The number of rotatable bonds is 8. The lowest BCUT2D eigenvalue weighted by molar-refractivity contribution is 0.200. The second kappa shape index (κ2) is 12.0. The van der Waals surface area contributed by atoms with E-state index in [-0.39, 0.29) is 31.4 Å². The molecule has 0 amide bonds. The molecule has 0 aromatic rings. The first kappa shape index (κ1) is 22.6. The lowest BCUT2D eigenvalue weighted by Gasteiger charge is -2.27. The summed E-state index contributed by atoms with van der Waals surface area (Å²) in [6, 6.07) is 0. The number of halogens is 2. The van der Waals surface area contributed by atoms with Crippen molar-refractivity contribution in [1.82, 2.24) is 14.9 Å². The molecule has 1 unspecified atom stereocenters. The largest absolute Gasteiger partial charge is 0.383 e. The molecule has 1 saturated heterocycles. The molecule has 0 aliphatic carbocycles. The van der Waals surface area contributed by atoms with Crippen LogP contribution in [0.25, 0.3) is 0 Å². The minimum absolute atomic E-state index is 0. The van der Waals surface area contributed by atoms with E-state index in [1.54, 1.807) is 6.92 Å². The zero-order valence-corrected chi connectivity index (χ0v) is 14.6. The fraction of sp³-hybridized carbons (Fsp3) is 1.00. The van der Waals surface area contributed by atoms with Gasteiger partial charge in [0.2, 0.25) is 10.0 Å². The van der Waals surface area contributed by atoms with Gasteiger partial charge in [-0.25, -0.2) is 13.1 Å². The molecule has 6 nitrogen and oxygen atoms in total. The van der Waals surface area contributed by atoms with Gasteiger partial charge in [-0.1, -0.05) is 0 Å². The number of piperazine rings is 1. The summed E-state index contributed by atoms with van der Waals surface area (Å²) in [7, 11) is -1.72. The van der Waals surface area contributed by atoms with Gasteiger partial charge in [-0.05, 0) is 19.9 Å². The fourth-order valence-electron chi connectivity index (χ4n) is 1.92. The van der Waals surface area contributed by atoms with E-state index in [1.165, 1.54) is 7.11 Å². The number of methoxy groups -OCH3 is 1. The Balaban J connectivity index is 0. The molecule has 0 spiro atoms. The van der Waals surface area contributed by atoms with Crippen LogP contribution in [-0.2, 0) is 14.8 Å². The van der Waals surface area contributed by atoms with Gasteiger partial charge in [-0.2, -0.15) is 0 Å². The molecule has 1 fully saturated rings. The molecule has 124 valence electrons. The molecule has 0 aromatic carbocycles. The number of nitrogens with one attached hydrogen (secondary N) is 2. The Labute approximate surface area is 134 Å². The topological polar surface area (TPSA) is 70.7 Å². The van der Waals surface area contributed by atoms with E-state index >= 15 is 0 Å². The molecule has 9 heteroatoms. The maximum atomic E-state index is 11.8. The first-order valence-corrected chi connectivity index (χ1v) is 8.01. The summed E-state index contributed by atoms with van der Waals surface area (Å²) in [5.41, 5.74) is 0. The third-order valence-electron chi connectivity index (χ3n) is 3.10. The molecule has 0 aromatic heterocycles. The smallest absolute Gasteiger partial charge is 0.216 e. The number of hydrogen-bond acceptors (Lipinski definition) is 5. The Morgan fingerprint density at radius 1 is 1.30 bits per heavy atom. The van der Waals surface area contributed by atoms with Crippen molar-refractivity contribution in [3.63, 3.8) is 0 Å². The van der Waals surface area contributed by atoms with Crippen LogP contribution in [0.1, 0.15) is 13.3 Å². The zero-order chi connectivity index (χ0) is 13.4. The zero-order valence-electron chi connectivity index (χ0n) is 12.1. The summed E-state index contributed by atoms with van der Waals surface area (Å²) < 4.78 is 31.0. The quantitative estimate of drug-likeness (QED) is 0.606. The van der Waals surface area contributed by atoms with Crippen LogP contribution in [0.2, 0.25) is 0 Å². The van der Waals surface area contributed by atoms with Gasteiger partial charge >= 0.3 is 0 Å². The highest BCUT2D eigenvalue weighted by Crippen LogP contribution is 1.99. The third kappa shape index (κ3) is 8.61. The minimum Gasteiger partial charge on any atom is -0.383 e. The van der Waals surface area contributed by atoms with E-state index in [9.17, 15) is 8.42 Å². The van der Waals surface area contributed by atoms with E-state index in [4.69, 9.17) is 4.74 Å². The molecular formula is C11H27Cl2N3O3S.